The second-order valence-electron chi connectivity index (χ2n) is 8.13. The van der Waals surface area contributed by atoms with E-state index in [2.05, 4.69) is 5.92 Å². The van der Waals surface area contributed by atoms with Gasteiger partial charge >= 0.3 is 5.97 Å². The van der Waals surface area contributed by atoms with Crippen LogP contribution in [0.15, 0.2) is 81.9 Å². The summed E-state index contributed by atoms with van der Waals surface area (Å²) in [5.74, 6) is 2.20. The van der Waals surface area contributed by atoms with Crippen molar-refractivity contribution in [1.29, 1.82) is 0 Å². The number of thiazole rings is 1. The quantitative estimate of drug-likeness (QED) is 0.324. The van der Waals surface area contributed by atoms with Crippen LogP contribution in [0.1, 0.15) is 30.5 Å². The van der Waals surface area contributed by atoms with Gasteiger partial charge in [-0.2, -0.15) is 0 Å². The maximum absolute atomic E-state index is 13.8. The molecule has 1 atom stereocenters. The second kappa shape index (κ2) is 9.24. The van der Waals surface area contributed by atoms with E-state index in [0.717, 1.165) is 22.0 Å². The molecule has 0 amide bonds. The van der Waals surface area contributed by atoms with E-state index in [1.807, 2.05) is 78.4 Å². The molecule has 0 aliphatic carbocycles. The number of rotatable bonds is 5. The van der Waals surface area contributed by atoms with Crippen LogP contribution >= 0.6 is 11.3 Å². The zero-order valence-corrected chi connectivity index (χ0v) is 20.2. The van der Waals surface area contributed by atoms with E-state index in [-0.39, 0.29) is 5.56 Å². The predicted molar refractivity (Wildman–Crippen MR) is 138 cm³/mol. The van der Waals surface area contributed by atoms with Crippen LogP contribution in [-0.2, 0) is 16.1 Å². The van der Waals surface area contributed by atoms with Crippen LogP contribution in [0, 0.1) is 12.3 Å². The Bertz CT molecular complexity index is 1700. The number of carbonyl (C=O) groups excluding carboxylic acids is 1. The average Bonchev–Trinajstić information content (AvgIpc) is 3.40. The van der Waals surface area contributed by atoms with E-state index >= 15 is 0 Å². The van der Waals surface area contributed by atoms with Crippen molar-refractivity contribution in [3.63, 3.8) is 0 Å². The third kappa shape index (κ3) is 3.82. The van der Waals surface area contributed by atoms with Crippen LogP contribution in [0.2, 0.25) is 0 Å². The fourth-order valence-electron chi connectivity index (χ4n) is 4.58. The maximum Gasteiger partial charge on any atom is 0.338 e. The number of benzene rings is 2. The first-order chi connectivity index (χ1) is 17.1. The Balaban J connectivity index is 1.77. The fourth-order valence-corrected chi connectivity index (χ4v) is 5.59. The molecule has 4 aromatic rings. The number of esters is 1. The van der Waals surface area contributed by atoms with Crippen LogP contribution < -0.4 is 14.9 Å². The van der Waals surface area contributed by atoms with E-state index in [1.54, 1.807) is 4.57 Å². The molecule has 174 valence electrons. The lowest BCUT2D eigenvalue weighted by atomic mass is 9.95. The zero-order chi connectivity index (χ0) is 24.5. The summed E-state index contributed by atoms with van der Waals surface area (Å²) in [6.45, 7) is 2.38. The van der Waals surface area contributed by atoms with Crippen LogP contribution in [0.3, 0.4) is 0 Å². The van der Waals surface area contributed by atoms with Crippen molar-refractivity contribution in [3.05, 3.63) is 103 Å². The van der Waals surface area contributed by atoms with E-state index in [1.165, 1.54) is 18.4 Å². The summed E-state index contributed by atoms with van der Waals surface area (Å²) in [5.41, 5.74) is 3.56. The average molecular weight is 482 g/mol. The standard InChI is InChI=1S/C28H23N3O3S/c1-4-15-30-17-19(20-13-9-10-14-22(20)30)16-23-26(32)31-25(18-11-7-6-8-12-18)24(27(33)34-3)21(5-2)29-28(31)35-23/h1,6-14,16-17,25H,5,15H2,2-3H3/b23-16+/t25-/m1/s1. The van der Waals surface area contributed by atoms with E-state index in [9.17, 15) is 9.59 Å². The van der Waals surface area contributed by atoms with Gasteiger partial charge in [0.15, 0.2) is 4.80 Å². The van der Waals surface area contributed by atoms with Crippen molar-refractivity contribution < 1.29 is 9.53 Å². The number of aromatic nitrogens is 2. The first kappa shape index (κ1) is 22.6. The fraction of sp³-hybridized carbons (Fsp3) is 0.179. The van der Waals surface area contributed by atoms with Gasteiger partial charge < -0.3 is 9.30 Å². The highest BCUT2D eigenvalue weighted by atomic mass is 32.1. The highest BCUT2D eigenvalue weighted by Crippen LogP contribution is 2.31. The van der Waals surface area contributed by atoms with Crippen molar-refractivity contribution in [2.45, 2.75) is 25.9 Å². The number of allylic oxidation sites excluding steroid dienone is 1. The van der Waals surface area contributed by atoms with Crippen LogP contribution in [0.4, 0.5) is 0 Å². The Morgan fingerprint density at radius 3 is 2.66 bits per heavy atom. The molecule has 2 aromatic heterocycles. The number of hydrogen-bond acceptors (Lipinski definition) is 5. The predicted octanol–water partition coefficient (Wildman–Crippen LogP) is 3.39. The molecule has 0 radical (unpaired) electrons. The number of fused-ring (bicyclic) bond motifs is 2. The summed E-state index contributed by atoms with van der Waals surface area (Å²) in [6.07, 6.45) is 9.95. The van der Waals surface area contributed by atoms with Gasteiger partial charge in [0.05, 0.1) is 35.5 Å². The lowest BCUT2D eigenvalue weighted by Crippen LogP contribution is -2.40. The van der Waals surface area contributed by atoms with Gasteiger partial charge in [0, 0.05) is 22.7 Å². The molecule has 0 bridgehead atoms. The topological polar surface area (TPSA) is 65.6 Å². The van der Waals surface area contributed by atoms with Crippen LogP contribution in [0.5, 0.6) is 0 Å². The number of hydrogen-bond donors (Lipinski definition) is 0. The molecule has 1 aliphatic heterocycles. The Hall–Kier alpha value is -4.15. The van der Waals surface area contributed by atoms with Crippen molar-refractivity contribution in [1.82, 2.24) is 9.13 Å². The van der Waals surface area contributed by atoms with Gasteiger partial charge in [-0.25, -0.2) is 9.79 Å². The molecule has 35 heavy (non-hydrogen) atoms. The number of methoxy groups -OCH3 is 1. The number of para-hydroxylation sites is 1. The molecule has 2 aromatic carbocycles. The lowest BCUT2D eigenvalue weighted by Gasteiger charge is -2.25. The van der Waals surface area contributed by atoms with Gasteiger partial charge in [-0.3, -0.25) is 9.36 Å². The Labute approximate surface area is 206 Å². The molecule has 0 N–H and O–H groups in total. The molecule has 0 unspecified atom stereocenters. The second-order valence-corrected chi connectivity index (χ2v) is 9.14. The largest absolute Gasteiger partial charge is 0.466 e. The Morgan fingerprint density at radius 2 is 1.94 bits per heavy atom. The van der Waals surface area contributed by atoms with Gasteiger partial charge in [-0.1, -0.05) is 72.7 Å². The highest BCUT2D eigenvalue weighted by Gasteiger charge is 2.33. The van der Waals surface area contributed by atoms with Crippen molar-refractivity contribution in [3.8, 4) is 12.3 Å². The Morgan fingerprint density at radius 1 is 1.20 bits per heavy atom. The molecule has 0 fully saturated rings. The molecule has 5 rings (SSSR count). The van der Waals surface area contributed by atoms with Gasteiger partial charge in [-0.05, 0) is 24.1 Å². The van der Waals surface area contributed by atoms with Gasteiger partial charge in [0.1, 0.15) is 0 Å². The SMILES string of the molecule is C#CCn1cc(/C=c2/sc3n(c2=O)[C@H](c2ccccc2)C(C(=O)OC)=C(CC)N=3)c2ccccc21. The van der Waals surface area contributed by atoms with E-state index in [0.29, 0.717) is 33.6 Å². The Kier molecular flexibility index (Phi) is 5.98. The van der Waals surface area contributed by atoms with Gasteiger partial charge in [-0.15, -0.1) is 6.42 Å². The van der Waals surface area contributed by atoms with Gasteiger partial charge in [0.2, 0.25) is 0 Å². The molecule has 7 heteroatoms. The van der Waals surface area contributed by atoms with Gasteiger partial charge in [0.25, 0.3) is 5.56 Å². The van der Waals surface area contributed by atoms with Crippen molar-refractivity contribution in [2.24, 2.45) is 4.99 Å². The van der Waals surface area contributed by atoms with Crippen molar-refractivity contribution >= 4 is 34.3 Å². The minimum Gasteiger partial charge on any atom is -0.466 e. The minimum atomic E-state index is -0.611. The summed E-state index contributed by atoms with van der Waals surface area (Å²) >= 11 is 1.32. The summed E-state index contributed by atoms with van der Waals surface area (Å²) in [6, 6.07) is 16.9. The van der Waals surface area contributed by atoms with E-state index < -0.39 is 12.0 Å². The number of nitrogens with zero attached hydrogens (tertiary/aromatic N) is 3. The molecule has 6 nitrogen and oxygen atoms in total. The highest BCUT2D eigenvalue weighted by molar-refractivity contribution is 7.07. The molecular weight excluding hydrogens is 458 g/mol. The van der Waals surface area contributed by atoms with Crippen molar-refractivity contribution in [2.75, 3.05) is 7.11 Å². The number of terminal acetylenes is 1. The molecule has 0 saturated carbocycles. The molecule has 0 spiro atoms. The lowest BCUT2D eigenvalue weighted by molar-refractivity contribution is -0.136. The van der Waals surface area contributed by atoms with Crippen LogP contribution in [-0.4, -0.2) is 22.2 Å². The number of ether oxygens (including phenoxy) is 1. The normalized spacial score (nSPS) is 15.6. The first-order valence-electron chi connectivity index (χ1n) is 11.3. The summed E-state index contributed by atoms with van der Waals surface area (Å²) < 4.78 is 9.25. The molecule has 0 saturated heterocycles. The zero-order valence-electron chi connectivity index (χ0n) is 19.4. The molecule has 1 aliphatic rings. The molecular formula is C28H23N3O3S. The number of carbonyl (C=O) groups is 1. The summed E-state index contributed by atoms with van der Waals surface area (Å²) in [7, 11) is 1.35. The summed E-state index contributed by atoms with van der Waals surface area (Å²) in [5, 5.41) is 1.01. The monoisotopic (exact) mass is 481 g/mol. The van der Waals surface area contributed by atoms with Crippen LogP contribution in [0.25, 0.3) is 17.0 Å². The maximum atomic E-state index is 13.8. The third-order valence-electron chi connectivity index (χ3n) is 6.13. The summed E-state index contributed by atoms with van der Waals surface area (Å²) in [4.78, 5) is 31.9. The molecule has 3 heterocycles. The minimum absolute atomic E-state index is 0.201. The third-order valence-corrected chi connectivity index (χ3v) is 7.12. The first-order valence-corrected chi connectivity index (χ1v) is 12.1. The van der Waals surface area contributed by atoms with E-state index in [4.69, 9.17) is 16.2 Å². The smallest absolute Gasteiger partial charge is 0.338 e.